The third-order valence-electron chi connectivity index (χ3n) is 3.66. The van der Waals surface area contributed by atoms with E-state index >= 15 is 0 Å². The van der Waals surface area contributed by atoms with Crippen molar-refractivity contribution in [2.75, 3.05) is 6.54 Å². The molecule has 0 aliphatic carbocycles. The van der Waals surface area contributed by atoms with E-state index in [2.05, 4.69) is 17.1 Å². The van der Waals surface area contributed by atoms with Gasteiger partial charge in [0.1, 0.15) is 16.9 Å². The van der Waals surface area contributed by atoms with E-state index in [0.717, 1.165) is 33.8 Å². The lowest BCUT2D eigenvalue weighted by Gasteiger charge is -2.07. The number of nitrogens with two attached hydrogens (primary N) is 1. The number of halogens is 1. The van der Waals surface area contributed by atoms with Crippen LogP contribution in [0.5, 0.6) is 5.75 Å². The first-order chi connectivity index (χ1) is 10.2. The predicted molar refractivity (Wildman–Crippen MR) is 87.2 cm³/mol. The van der Waals surface area contributed by atoms with Crippen molar-refractivity contribution >= 4 is 33.2 Å². The van der Waals surface area contributed by atoms with Crippen LogP contribution in [0.3, 0.4) is 0 Å². The number of aromatic nitrogens is 1. The summed E-state index contributed by atoms with van der Waals surface area (Å²) in [6.45, 7) is 0.501. The fraction of sp³-hybridized carbons (Fsp3) is 0.188. The Morgan fingerprint density at radius 3 is 3.00 bits per heavy atom. The number of thiazole rings is 1. The van der Waals surface area contributed by atoms with E-state index in [1.807, 2.05) is 24.3 Å². The second-order valence-electron chi connectivity index (χ2n) is 5.11. The van der Waals surface area contributed by atoms with Crippen LogP contribution >= 0.6 is 22.9 Å². The Bertz CT molecular complexity index is 797. The van der Waals surface area contributed by atoms with Gasteiger partial charge in [-0.2, -0.15) is 0 Å². The summed E-state index contributed by atoms with van der Waals surface area (Å²) in [5.41, 5.74) is 8.86. The number of para-hydroxylation sites is 1. The molecule has 0 amide bonds. The molecule has 0 bridgehead atoms. The average Bonchev–Trinajstić information content (AvgIpc) is 3.10. The third kappa shape index (κ3) is 2.20. The van der Waals surface area contributed by atoms with Crippen molar-refractivity contribution in [2.45, 2.75) is 12.5 Å². The number of fused-ring (bicyclic) bond motifs is 2. The highest BCUT2D eigenvalue weighted by Crippen LogP contribution is 2.40. The zero-order valence-corrected chi connectivity index (χ0v) is 12.7. The van der Waals surface area contributed by atoms with Crippen LogP contribution in [0.4, 0.5) is 0 Å². The SMILES string of the molecule is NCC1Cc2cc(-c3nc4ccccc4s3)cc(Cl)c2O1. The van der Waals surface area contributed by atoms with E-state index in [1.165, 1.54) is 4.70 Å². The van der Waals surface area contributed by atoms with Crippen LogP contribution in [0.25, 0.3) is 20.8 Å². The van der Waals surface area contributed by atoms with Crippen LogP contribution in [0.1, 0.15) is 5.56 Å². The van der Waals surface area contributed by atoms with Gasteiger partial charge >= 0.3 is 0 Å². The second-order valence-corrected chi connectivity index (χ2v) is 6.55. The standard InChI is InChI=1S/C16H13ClN2OS/c17-12-7-10(5-9-6-11(8-18)20-15(9)12)16-19-13-3-1-2-4-14(13)21-16/h1-5,7,11H,6,8,18H2. The molecule has 2 N–H and O–H groups in total. The number of hydrogen-bond donors (Lipinski definition) is 1. The molecule has 1 unspecified atom stereocenters. The minimum atomic E-state index is 0.0307. The molecule has 0 fully saturated rings. The Balaban J connectivity index is 1.81. The largest absolute Gasteiger partial charge is 0.487 e. The maximum atomic E-state index is 6.36. The van der Waals surface area contributed by atoms with Crippen LogP contribution in [0.15, 0.2) is 36.4 Å². The maximum Gasteiger partial charge on any atom is 0.141 e. The number of rotatable bonds is 2. The molecule has 0 spiro atoms. The number of ether oxygens (including phenoxy) is 1. The molecule has 2 heterocycles. The number of hydrogen-bond acceptors (Lipinski definition) is 4. The van der Waals surface area contributed by atoms with Crippen molar-refractivity contribution in [1.82, 2.24) is 4.98 Å². The van der Waals surface area contributed by atoms with Gasteiger partial charge in [-0.15, -0.1) is 11.3 Å². The van der Waals surface area contributed by atoms with Crippen LogP contribution in [-0.4, -0.2) is 17.6 Å². The summed E-state index contributed by atoms with van der Waals surface area (Å²) in [7, 11) is 0. The molecular formula is C16H13ClN2OS. The van der Waals surface area contributed by atoms with Crippen molar-refractivity contribution in [1.29, 1.82) is 0 Å². The van der Waals surface area contributed by atoms with Gasteiger partial charge in [0.05, 0.1) is 15.2 Å². The number of nitrogens with zero attached hydrogens (tertiary/aromatic N) is 1. The molecule has 21 heavy (non-hydrogen) atoms. The predicted octanol–water partition coefficient (Wildman–Crippen LogP) is 3.88. The molecule has 0 saturated heterocycles. The van der Waals surface area contributed by atoms with Gasteiger partial charge in [-0.3, -0.25) is 0 Å². The molecule has 1 atom stereocenters. The normalized spacial score (nSPS) is 17.0. The van der Waals surface area contributed by atoms with E-state index in [9.17, 15) is 0 Å². The summed E-state index contributed by atoms with van der Waals surface area (Å²) in [4.78, 5) is 4.68. The van der Waals surface area contributed by atoms with Gasteiger partial charge in [0, 0.05) is 24.1 Å². The molecule has 1 aliphatic rings. The zero-order valence-electron chi connectivity index (χ0n) is 11.2. The fourth-order valence-corrected chi connectivity index (χ4v) is 3.87. The summed E-state index contributed by atoms with van der Waals surface area (Å²) >= 11 is 8.03. The molecule has 3 nitrogen and oxygen atoms in total. The molecule has 2 aromatic carbocycles. The summed E-state index contributed by atoms with van der Waals surface area (Å²) in [6, 6.07) is 12.2. The lowest BCUT2D eigenvalue weighted by Crippen LogP contribution is -2.24. The molecule has 0 radical (unpaired) electrons. The van der Waals surface area contributed by atoms with Gasteiger partial charge in [-0.1, -0.05) is 23.7 Å². The molecule has 1 aromatic heterocycles. The lowest BCUT2D eigenvalue weighted by atomic mass is 10.1. The Labute approximate surface area is 131 Å². The minimum absolute atomic E-state index is 0.0307. The monoisotopic (exact) mass is 316 g/mol. The third-order valence-corrected chi connectivity index (χ3v) is 5.02. The fourth-order valence-electron chi connectivity index (χ4n) is 2.64. The van der Waals surface area contributed by atoms with Gasteiger partial charge in [0.2, 0.25) is 0 Å². The summed E-state index contributed by atoms with van der Waals surface area (Å²) < 4.78 is 6.94. The van der Waals surface area contributed by atoms with Crippen LogP contribution in [-0.2, 0) is 6.42 Å². The van der Waals surface area contributed by atoms with Crippen molar-refractivity contribution in [3.8, 4) is 16.3 Å². The summed E-state index contributed by atoms with van der Waals surface area (Å²) in [6.07, 6.45) is 0.840. The van der Waals surface area contributed by atoms with E-state index in [1.54, 1.807) is 11.3 Å². The lowest BCUT2D eigenvalue weighted by molar-refractivity contribution is 0.241. The molecule has 0 saturated carbocycles. The molecule has 3 aromatic rings. The zero-order chi connectivity index (χ0) is 14.4. The van der Waals surface area contributed by atoms with Crippen LogP contribution < -0.4 is 10.5 Å². The van der Waals surface area contributed by atoms with Crippen LogP contribution in [0.2, 0.25) is 5.02 Å². The summed E-state index contributed by atoms with van der Waals surface area (Å²) in [5.74, 6) is 0.775. The van der Waals surface area contributed by atoms with E-state index < -0.39 is 0 Å². The molecule has 5 heteroatoms. The molecule has 106 valence electrons. The van der Waals surface area contributed by atoms with E-state index in [4.69, 9.17) is 22.1 Å². The van der Waals surface area contributed by atoms with Gasteiger partial charge in [-0.25, -0.2) is 4.98 Å². The smallest absolute Gasteiger partial charge is 0.141 e. The Morgan fingerprint density at radius 1 is 1.33 bits per heavy atom. The van der Waals surface area contributed by atoms with Crippen molar-refractivity contribution in [2.24, 2.45) is 5.73 Å². The summed E-state index contributed by atoms with van der Waals surface area (Å²) in [5, 5.41) is 1.62. The van der Waals surface area contributed by atoms with Gasteiger partial charge < -0.3 is 10.5 Å². The van der Waals surface area contributed by atoms with Crippen LogP contribution in [0, 0.1) is 0 Å². The highest BCUT2D eigenvalue weighted by molar-refractivity contribution is 7.21. The highest BCUT2D eigenvalue weighted by atomic mass is 35.5. The van der Waals surface area contributed by atoms with Crippen molar-refractivity contribution < 1.29 is 4.74 Å². The van der Waals surface area contributed by atoms with Crippen molar-refractivity contribution in [3.05, 3.63) is 47.0 Å². The minimum Gasteiger partial charge on any atom is -0.487 e. The number of benzene rings is 2. The maximum absolute atomic E-state index is 6.36. The average molecular weight is 317 g/mol. The Morgan fingerprint density at radius 2 is 2.19 bits per heavy atom. The molecular weight excluding hydrogens is 304 g/mol. The quantitative estimate of drug-likeness (QED) is 0.780. The Hall–Kier alpha value is -1.62. The molecule has 1 aliphatic heterocycles. The van der Waals surface area contributed by atoms with Gasteiger partial charge in [-0.05, 0) is 24.3 Å². The highest BCUT2D eigenvalue weighted by Gasteiger charge is 2.25. The second kappa shape index (κ2) is 4.98. The first-order valence-electron chi connectivity index (χ1n) is 6.79. The topological polar surface area (TPSA) is 48.1 Å². The van der Waals surface area contributed by atoms with Gasteiger partial charge in [0.25, 0.3) is 0 Å². The molecule has 4 rings (SSSR count). The van der Waals surface area contributed by atoms with E-state index in [-0.39, 0.29) is 6.10 Å². The first kappa shape index (κ1) is 13.1. The Kier molecular flexibility index (Phi) is 3.10. The first-order valence-corrected chi connectivity index (χ1v) is 7.99. The van der Waals surface area contributed by atoms with Gasteiger partial charge in [0.15, 0.2) is 0 Å². The van der Waals surface area contributed by atoms with E-state index in [0.29, 0.717) is 11.6 Å². The van der Waals surface area contributed by atoms with Crippen molar-refractivity contribution in [3.63, 3.8) is 0 Å².